The number of nitrogens with one attached hydrogen (secondary N) is 1. The molecule has 2 aliphatic rings. The molecule has 7 nitrogen and oxygen atoms in total. The van der Waals surface area contributed by atoms with Crippen LogP contribution in [0.3, 0.4) is 0 Å². The zero-order chi connectivity index (χ0) is 18.5. The number of nitrogens with zero attached hydrogens (tertiary/aromatic N) is 6. The first-order valence-electron chi connectivity index (χ1n) is 10.1. The fourth-order valence-corrected chi connectivity index (χ4v) is 3.81. The fraction of sp³-hybridized carbons (Fsp3) is 0.550. The van der Waals surface area contributed by atoms with Crippen molar-refractivity contribution >= 4 is 23.1 Å². The summed E-state index contributed by atoms with van der Waals surface area (Å²) in [5.41, 5.74) is 2.33. The van der Waals surface area contributed by atoms with Gasteiger partial charge in [0.25, 0.3) is 0 Å². The second-order valence-corrected chi connectivity index (χ2v) is 7.28. The van der Waals surface area contributed by atoms with Crippen LogP contribution in [0.2, 0.25) is 0 Å². The molecule has 27 heavy (non-hydrogen) atoms. The van der Waals surface area contributed by atoms with Crippen molar-refractivity contribution in [3.8, 4) is 0 Å². The van der Waals surface area contributed by atoms with E-state index >= 15 is 0 Å². The lowest BCUT2D eigenvalue weighted by Gasteiger charge is -2.33. The van der Waals surface area contributed by atoms with Gasteiger partial charge in [0.05, 0.1) is 6.20 Å². The Kier molecular flexibility index (Phi) is 5.67. The summed E-state index contributed by atoms with van der Waals surface area (Å²) in [6, 6.07) is 8.61. The van der Waals surface area contributed by atoms with Gasteiger partial charge in [-0.1, -0.05) is 6.92 Å². The average Bonchev–Trinajstić information content (AvgIpc) is 2.75. The maximum atomic E-state index is 4.67. The van der Waals surface area contributed by atoms with Gasteiger partial charge in [-0.05, 0) is 50.1 Å². The molecule has 0 atom stereocenters. The predicted octanol–water partition coefficient (Wildman–Crippen LogP) is 2.75. The number of hydrogen-bond acceptors (Lipinski definition) is 7. The number of anilines is 4. The fourth-order valence-electron chi connectivity index (χ4n) is 3.81. The van der Waals surface area contributed by atoms with Crippen molar-refractivity contribution < 1.29 is 0 Å². The summed E-state index contributed by atoms with van der Waals surface area (Å²) in [5.74, 6) is 1.45. The van der Waals surface area contributed by atoms with E-state index < -0.39 is 0 Å². The van der Waals surface area contributed by atoms with Crippen LogP contribution in [0.4, 0.5) is 23.1 Å². The molecule has 2 fully saturated rings. The Bertz CT molecular complexity index is 719. The van der Waals surface area contributed by atoms with Gasteiger partial charge in [-0.25, -0.2) is 0 Å². The van der Waals surface area contributed by atoms with Crippen LogP contribution in [0, 0.1) is 0 Å². The molecule has 1 aromatic heterocycles. The van der Waals surface area contributed by atoms with E-state index in [1.807, 2.05) is 0 Å². The van der Waals surface area contributed by atoms with Gasteiger partial charge < -0.3 is 20.0 Å². The molecular weight excluding hydrogens is 338 g/mol. The predicted molar refractivity (Wildman–Crippen MR) is 110 cm³/mol. The molecule has 0 aliphatic carbocycles. The van der Waals surface area contributed by atoms with E-state index in [9.17, 15) is 0 Å². The van der Waals surface area contributed by atoms with Gasteiger partial charge in [-0.15, -0.1) is 5.10 Å². The number of piperazine rings is 1. The lowest BCUT2D eigenvalue weighted by atomic mass is 10.1. The van der Waals surface area contributed by atoms with Crippen molar-refractivity contribution in [3.63, 3.8) is 0 Å². The molecule has 7 heteroatoms. The van der Waals surface area contributed by atoms with Crippen molar-refractivity contribution in [2.75, 3.05) is 60.9 Å². The van der Waals surface area contributed by atoms with E-state index in [0.29, 0.717) is 5.95 Å². The molecule has 3 heterocycles. The Morgan fingerprint density at radius 1 is 0.889 bits per heavy atom. The lowest BCUT2D eigenvalue weighted by molar-refractivity contribution is 0.269. The van der Waals surface area contributed by atoms with Gasteiger partial charge >= 0.3 is 0 Å². The van der Waals surface area contributed by atoms with Gasteiger partial charge in [-0.3, -0.25) is 0 Å². The highest BCUT2D eigenvalue weighted by atomic mass is 15.4. The van der Waals surface area contributed by atoms with E-state index in [4.69, 9.17) is 0 Å². The summed E-state index contributed by atoms with van der Waals surface area (Å²) in [6.45, 7) is 9.63. The molecule has 2 aromatic rings. The van der Waals surface area contributed by atoms with Gasteiger partial charge in [0.15, 0.2) is 5.82 Å². The normalized spacial score (nSPS) is 18.6. The largest absolute Gasteiger partial charge is 0.372 e. The van der Waals surface area contributed by atoms with Crippen LogP contribution in [0.1, 0.15) is 26.2 Å². The van der Waals surface area contributed by atoms with Crippen molar-refractivity contribution in [2.45, 2.75) is 26.2 Å². The SMILES string of the molecule is CCN1CCN(c2nncc(Nc3ccc(N4CCCCC4)cc3)n2)CC1. The van der Waals surface area contributed by atoms with Crippen LogP contribution in [0.5, 0.6) is 0 Å². The molecule has 144 valence electrons. The average molecular weight is 368 g/mol. The summed E-state index contributed by atoms with van der Waals surface area (Å²) in [6.07, 6.45) is 5.63. The van der Waals surface area contributed by atoms with Crippen LogP contribution in [0.25, 0.3) is 0 Å². The number of hydrogen-bond donors (Lipinski definition) is 1. The Balaban J connectivity index is 1.39. The zero-order valence-corrected chi connectivity index (χ0v) is 16.1. The number of aromatic nitrogens is 3. The number of rotatable bonds is 5. The van der Waals surface area contributed by atoms with Crippen LogP contribution in [-0.2, 0) is 0 Å². The van der Waals surface area contributed by atoms with E-state index in [2.05, 4.69) is 66.4 Å². The maximum absolute atomic E-state index is 4.67. The molecule has 0 amide bonds. The topological polar surface area (TPSA) is 60.4 Å². The molecule has 1 N–H and O–H groups in total. The zero-order valence-electron chi connectivity index (χ0n) is 16.1. The molecule has 1 aromatic carbocycles. The summed E-state index contributed by atoms with van der Waals surface area (Å²) in [7, 11) is 0. The quantitative estimate of drug-likeness (QED) is 0.872. The lowest BCUT2D eigenvalue weighted by Crippen LogP contribution is -2.46. The summed E-state index contributed by atoms with van der Waals surface area (Å²) in [4.78, 5) is 11.8. The third-order valence-electron chi connectivity index (χ3n) is 5.51. The van der Waals surface area contributed by atoms with Crippen LogP contribution in [0.15, 0.2) is 30.5 Å². The van der Waals surface area contributed by atoms with Gasteiger partial charge in [-0.2, -0.15) is 10.1 Å². The molecule has 0 unspecified atom stereocenters. The second kappa shape index (κ2) is 8.52. The van der Waals surface area contributed by atoms with E-state index in [-0.39, 0.29) is 0 Å². The van der Waals surface area contributed by atoms with Crippen molar-refractivity contribution in [1.82, 2.24) is 20.1 Å². The molecule has 0 spiro atoms. The highest BCUT2D eigenvalue weighted by molar-refractivity contribution is 5.61. The van der Waals surface area contributed by atoms with E-state index in [0.717, 1.165) is 57.3 Å². The van der Waals surface area contributed by atoms with Crippen LogP contribution >= 0.6 is 0 Å². The Labute approximate surface area is 161 Å². The second-order valence-electron chi connectivity index (χ2n) is 7.28. The molecule has 0 saturated carbocycles. The van der Waals surface area contributed by atoms with Gasteiger partial charge in [0, 0.05) is 50.6 Å². The van der Waals surface area contributed by atoms with Crippen molar-refractivity contribution in [3.05, 3.63) is 30.5 Å². The first-order valence-corrected chi connectivity index (χ1v) is 10.1. The molecule has 0 radical (unpaired) electrons. The van der Waals surface area contributed by atoms with E-state index in [1.165, 1.54) is 24.9 Å². The monoisotopic (exact) mass is 367 g/mol. The molecule has 2 saturated heterocycles. The van der Waals surface area contributed by atoms with Gasteiger partial charge in [0.1, 0.15) is 0 Å². The summed E-state index contributed by atoms with van der Waals surface area (Å²) in [5, 5.41) is 11.7. The molecule has 0 bridgehead atoms. The highest BCUT2D eigenvalue weighted by Crippen LogP contribution is 2.23. The summed E-state index contributed by atoms with van der Waals surface area (Å²) >= 11 is 0. The molecule has 2 aliphatic heterocycles. The number of likely N-dealkylation sites (N-methyl/N-ethyl adjacent to an activating group) is 1. The molecule has 4 rings (SSSR count). The van der Waals surface area contributed by atoms with Crippen molar-refractivity contribution in [1.29, 1.82) is 0 Å². The smallest absolute Gasteiger partial charge is 0.247 e. The van der Waals surface area contributed by atoms with E-state index in [1.54, 1.807) is 6.20 Å². The molecular formula is C20H29N7. The maximum Gasteiger partial charge on any atom is 0.247 e. The Morgan fingerprint density at radius 2 is 1.63 bits per heavy atom. The minimum absolute atomic E-state index is 0.709. The third-order valence-corrected chi connectivity index (χ3v) is 5.51. The third kappa shape index (κ3) is 4.47. The number of piperidine rings is 1. The first kappa shape index (κ1) is 18.0. The minimum atomic E-state index is 0.709. The minimum Gasteiger partial charge on any atom is -0.372 e. The van der Waals surface area contributed by atoms with Gasteiger partial charge in [0.2, 0.25) is 5.95 Å². The summed E-state index contributed by atoms with van der Waals surface area (Å²) < 4.78 is 0. The van der Waals surface area contributed by atoms with Crippen molar-refractivity contribution in [2.24, 2.45) is 0 Å². The standard InChI is InChI=1S/C20H29N7/c1-2-25-12-14-27(15-13-25)20-23-19(16-21-24-20)22-17-6-8-18(9-7-17)26-10-4-3-5-11-26/h6-9,16H,2-5,10-15H2,1H3,(H,22,23,24). The highest BCUT2D eigenvalue weighted by Gasteiger charge is 2.18. The Morgan fingerprint density at radius 3 is 2.33 bits per heavy atom. The first-order chi connectivity index (χ1) is 13.3. The Hall–Kier alpha value is -2.41. The van der Waals surface area contributed by atoms with Crippen LogP contribution in [-0.4, -0.2) is 65.9 Å². The van der Waals surface area contributed by atoms with Crippen LogP contribution < -0.4 is 15.1 Å². The number of benzene rings is 1.